The topological polar surface area (TPSA) is 67.4 Å². The highest BCUT2D eigenvalue weighted by atomic mass is 16.5. The molecule has 0 aliphatic heterocycles. The van der Waals surface area contributed by atoms with Crippen LogP contribution in [0.25, 0.3) is 0 Å². The van der Waals surface area contributed by atoms with Crippen molar-refractivity contribution >= 4 is 17.4 Å². The lowest BCUT2D eigenvalue weighted by Crippen LogP contribution is -2.46. The fraction of sp³-hybridized carbons (Fsp3) is 0.130. The Balaban J connectivity index is 1.83. The molecule has 0 spiro atoms. The number of amides is 1. The predicted octanol–water partition coefficient (Wildman–Crippen LogP) is 4.05. The van der Waals surface area contributed by atoms with E-state index in [-0.39, 0.29) is 11.7 Å². The number of aryl methyl sites for hydroxylation is 1. The maximum absolute atomic E-state index is 13.0. The summed E-state index contributed by atoms with van der Waals surface area (Å²) in [6.45, 7) is 1.95. The Morgan fingerprint density at radius 1 is 0.821 bits per heavy atom. The number of rotatable bonds is 7. The molecule has 0 aliphatic rings. The Morgan fingerprint density at radius 3 is 2.07 bits per heavy atom. The number of methoxy groups -OCH3 is 1. The van der Waals surface area contributed by atoms with Crippen LogP contribution in [-0.2, 0) is 0 Å². The van der Waals surface area contributed by atoms with E-state index in [1.807, 2.05) is 25.1 Å². The molecule has 0 saturated carbocycles. The number of nitrogens with one attached hydrogen (secondary N) is 2. The Morgan fingerprint density at radius 2 is 1.46 bits per heavy atom. The third kappa shape index (κ3) is 4.76. The van der Waals surface area contributed by atoms with Crippen LogP contribution in [0.4, 0.5) is 5.69 Å². The third-order valence-corrected chi connectivity index (χ3v) is 4.31. The lowest BCUT2D eigenvalue weighted by molar-refractivity contribution is 0.0869. The standard InChI is InChI=1S/C23H22N2O3/c1-16-8-10-18(11-9-16)23(27)25-22(21(26)17-6-4-3-5-7-17)24-19-12-14-20(28-2)15-13-19/h3-15,22,24H,1-2H3,(H,25,27). The van der Waals surface area contributed by atoms with Crippen molar-refractivity contribution in [1.29, 1.82) is 0 Å². The molecule has 0 fully saturated rings. The molecular weight excluding hydrogens is 352 g/mol. The summed E-state index contributed by atoms with van der Waals surface area (Å²) in [6.07, 6.45) is -0.912. The van der Waals surface area contributed by atoms with Crippen molar-refractivity contribution in [2.45, 2.75) is 13.1 Å². The average molecular weight is 374 g/mol. The molecule has 0 saturated heterocycles. The number of anilines is 1. The lowest BCUT2D eigenvalue weighted by atomic mass is 10.1. The van der Waals surface area contributed by atoms with Crippen LogP contribution in [0.2, 0.25) is 0 Å². The maximum Gasteiger partial charge on any atom is 0.253 e. The molecule has 5 nitrogen and oxygen atoms in total. The van der Waals surface area contributed by atoms with Crippen LogP contribution in [0.5, 0.6) is 5.75 Å². The summed E-state index contributed by atoms with van der Waals surface area (Å²) < 4.78 is 5.16. The highest BCUT2D eigenvalue weighted by molar-refractivity contribution is 6.05. The van der Waals surface area contributed by atoms with Gasteiger partial charge in [-0.3, -0.25) is 9.59 Å². The van der Waals surface area contributed by atoms with Crippen LogP contribution in [0.1, 0.15) is 26.3 Å². The second-order valence-electron chi connectivity index (χ2n) is 6.38. The molecule has 0 heterocycles. The summed E-state index contributed by atoms with van der Waals surface area (Å²) in [5.41, 5.74) is 2.76. The minimum atomic E-state index is -0.912. The third-order valence-electron chi connectivity index (χ3n) is 4.31. The summed E-state index contributed by atoms with van der Waals surface area (Å²) in [4.78, 5) is 25.7. The molecule has 0 aliphatic carbocycles. The lowest BCUT2D eigenvalue weighted by Gasteiger charge is -2.21. The minimum Gasteiger partial charge on any atom is -0.497 e. The van der Waals surface area contributed by atoms with Crippen molar-refractivity contribution in [2.24, 2.45) is 0 Å². The van der Waals surface area contributed by atoms with Gasteiger partial charge in [-0.15, -0.1) is 0 Å². The molecule has 142 valence electrons. The van der Waals surface area contributed by atoms with Gasteiger partial charge in [-0.2, -0.15) is 0 Å². The van der Waals surface area contributed by atoms with Crippen LogP contribution < -0.4 is 15.4 Å². The van der Waals surface area contributed by atoms with E-state index in [1.165, 1.54) is 0 Å². The molecule has 0 radical (unpaired) electrons. The van der Waals surface area contributed by atoms with Gasteiger partial charge in [0.25, 0.3) is 5.91 Å². The Labute approximate surface area is 164 Å². The summed E-state index contributed by atoms with van der Waals surface area (Å²) in [5, 5.41) is 5.90. The van der Waals surface area contributed by atoms with Crippen molar-refractivity contribution in [2.75, 3.05) is 12.4 Å². The van der Waals surface area contributed by atoms with Crippen LogP contribution in [0, 0.1) is 6.92 Å². The van der Waals surface area contributed by atoms with E-state index in [1.54, 1.807) is 67.8 Å². The first-order valence-corrected chi connectivity index (χ1v) is 8.94. The first-order valence-electron chi connectivity index (χ1n) is 8.94. The van der Waals surface area contributed by atoms with E-state index in [9.17, 15) is 9.59 Å². The zero-order valence-corrected chi connectivity index (χ0v) is 15.8. The molecule has 28 heavy (non-hydrogen) atoms. The summed E-state index contributed by atoms with van der Waals surface area (Å²) in [5.74, 6) is 0.160. The van der Waals surface area contributed by atoms with Gasteiger partial charge in [-0.05, 0) is 43.3 Å². The van der Waals surface area contributed by atoms with Crippen molar-refractivity contribution in [3.05, 3.63) is 95.6 Å². The van der Waals surface area contributed by atoms with Crippen LogP contribution in [0.3, 0.4) is 0 Å². The van der Waals surface area contributed by atoms with Gasteiger partial charge in [-0.1, -0.05) is 48.0 Å². The molecule has 0 aromatic heterocycles. The van der Waals surface area contributed by atoms with Crippen molar-refractivity contribution < 1.29 is 14.3 Å². The zero-order valence-electron chi connectivity index (χ0n) is 15.8. The second kappa shape index (κ2) is 8.86. The Bertz CT molecular complexity index is 936. The van der Waals surface area contributed by atoms with E-state index in [4.69, 9.17) is 4.74 Å². The summed E-state index contributed by atoms with van der Waals surface area (Å²) in [7, 11) is 1.59. The second-order valence-corrected chi connectivity index (χ2v) is 6.38. The predicted molar refractivity (Wildman–Crippen MR) is 110 cm³/mol. The molecule has 5 heteroatoms. The number of benzene rings is 3. The summed E-state index contributed by atoms with van der Waals surface area (Å²) in [6, 6.07) is 23.2. The molecule has 1 amide bonds. The fourth-order valence-corrected chi connectivity index (χ4v) is 2.71. The number of ketones is 1. The number of ether oxygens (including phenoxy) is 1. The van der Waals surface area contributed by atoms with Gasteiger partial charge in [0.15, 0.2) is 6.17 Å². The molecule has 1 atom stereocenters. The van der Waals surface area contributed by atoms with E-state index in [0.29, 0.717) is 22.6 Å². The SMILES string of the molecule is COc1ccc(NC(NC(=O)c2ccc(C)cc2)C(=O)c2ccccc2)cc1. The first-order chi connectivity index (χ1) is 13.6. The van der Waals surface area contributed by atoms with E-state index < -0.39 is 6.17 Å². The first kappa shape index (κ1) is 19.2. The van der Waals surface area contributed by atoms with Crippen LogP contribution in [-0.4, -0.2) is 25.0 Å². The quantitative estimate of drug-likeness (QED) is 0.484. The van der Waals surface area contributed by atoms with Gasteiger partial charge in [0.05, 0.1) is 7.11 Å². The largest absolute Gasteiger partial charge is 0.497 e. The number of hydrogen-bond acceptors (Lipinski definition) is 4. The van der Waals surface area contributed by atoms with Gasteiger partial charge >= 0.3 is 0 Å². The molecule has 1 unspecified atom stereocenters. The van der Waals surface area contributed by atoms with Gasteiger partial charge in [0.2, 0.25) is 5.78 Å². The molecular formula is C23H22N2O3. The normalized spacial score (nSPS) is 11.4. The highest BCUT2D eigenvalue weighted by Gasteiger charge is 2.22. The number of carbonyl (C=O) groups is 2. The number of hydrogen-bond donors (Lipinski definition) is 2. The van der Waals surface area contributed by atoms with Gasteiger partial charge in [0, 0.05) is 16.8 Å². The maximum atomic E-state index is 13.0. The minimum absolute atomic E-state index is 0.225. The van der Waals surface area contributed by atoms with E-state index in [2.05, 4.69) is 10.6 Å². The van der Waals surface area contributed by atoms with Crippen molar-refractivity contribution in [1.82, 2.24) is 5.32 Å². The average Bonchev–Trinajstić information content (AvgIpc) is 2.74. The van der Waals surface area contributed by atoms with E-state index >= 15 is 0 Å². The Hall–Kier alpha value is -3.60. The molecule has 3 rings (SSSR count). The van der Waals surface area contributed by atoms with Crippen LogP contribution in [0.15, 0.2) is 78.9 Å². The molecule has 3 aromatic carbocycles. The zero-order chi connectivity index (χ0) is 19.9. The molecule has 0 bridgehead atoms. The summed E-state index contributed by atoms with van der Waals surface area (Å²) >= 11 is 0. The van der Waals surface area contributed by atoms with Gasteiger partial charge in [-0.25, -0.2) is 0 Å². The Kier molecular flexibility index (Phi) is 6.07. The highest BCUT2D eigenvalue weighted by Crippen LogP contribution is 2.17. The number of Topliss-reactive ketones (excluding diaryl/α,β-unsaturated/α-hetero) is 1. The monoisotopic (exact) mass is 374 g/mol. The van der Waals surface area contributed by atoms with Gasteiger partial charge < -0.3 is 15.4 Å². The smallest absolute Gasteiger partial charge is 0.253 e. The molecule has 3 aromatic rings. The molecule has 2 N–H and O–H groups in total. The van der Waals surface area contributed by atoms with Crippen molar-refractivity contribution in [3.8, 4) is 5.75 Å². The fourth-order valence-electron chi connectivity index (χ4n) is 2.71. The number of carbonyl (C=O) groups excluding carboxylic acids is 2. The van der Waals surface area contributed by atoms with E-state index in [0.717, 1.165) is 5.56 Å². The van der Waals surface area contributed by atoms with Crippen molar-refractivity contribution in [3.63, 3.8) is 0 Å². The van der Waals surface area contributed by atoms with Crippen LogP contribution >= 0.6 is 0 Å². The van der Waals surface area contributed by atoms with Gasteiger partial charge in [0.1, 0.15) is 5.75 Å².